The molecule has 0 fully saturated rings. The predicted molar refractivity (Wildman–Crippen MR) is 77.7 cm³/mol. The van der Waals surface area contributed by atoms with Crippen molar-refractivity contribution in [1.82, 2.24) is 0 Å². The highest BCUT2D eigenvalue weighted by Gasteiger charge is 2.16. The maximum Gasteiger partial charge on any atom is 0.350 e. The van der Waals surface area contributed by atoms with Gasteiger partial charge >= 0.3 is 5.97 Å². The van der Waals surface area contributed by atoms with Crippen LogP contribution >= 0.6 is 27.3 Å². The molecule has 0 aliphatic rings. The van der Waals surface area contributed by atoms with E-state index in [0.29, 0.717) is 10.6 Å². The molecular formula is C13H9BrFNO3S. The highest BCUT2D eigenvalue weighted by Crippen LogP contribution is 2.24. The summed E-state index contributed by atoms with van der Waals surface area (Å²) in [6.45, 7) is 0. The number of nitrogens with one attached hydrogen (secondary N) is 1. The van der Waals surface area contributed by atoms with E-state index in [1.54, 1.807) is 11.4 Å². The van der Waals surface area contributed by atoms with Gasteiger partial charge in [-0.05, 0) is 45.6 Å². The Morgan fingerprint density at radius 3 is 2.75 bits per heavy atom. The lowest BCUT2D eigenvalue weighted by Crippen LogP contribution is -2.14. The first kappa shape index (κ1) is 14.7. The van der Waals surface area contributed by atoms with Crippen LogP contribution in [0, 0.1) is 5.82 Å². The van der Waals surface area contributed by atoms with E-state index in [1.165, 1.54) is 19.2 Å². The fraction of sp³-hybridized carbons (Fsp3) is 0.0769. The molecule has 0 unspecified atom stereocenters. The fourth-order valence-electron chi connectivity index (χ4n) is 1.49. The summed E-state index contributed by atoms with van der Waals surface area (Å²) in [4.78, 5) is 23.8. The van der Waals surface area contributed by atoms with Crippen molar-refractivity contribution >= 4 is 44.8 Å². The number of benzene rings is 1. The number of carbonyl (C=O) groups is 2. The predicted octanol–water partition coefficient (Wildman–Crippen LogP) is 3.69. The van der Waals surface area contributed by atoms with E-state index in [-0.39, 0.29) is 10.0 Å². The fourth-order valence-corrected chi connectivity index (χ4v) is 2.50. The number of anilines is 1. The van der Waals surface area contributed by atoms with Gasteiger partial charge in [0.1, 0.15) is 10.7 Å². The van der Waals surface area contributed by atoms with E-state index in [1.807, 2.05) is 0 Å². The Hall–Kier alpha value is -1.73. The molecule has 0 spiro atoms. The van der Waals surface area contributed by atoms with Gasteiger partial charge in [-0.2, -0.15) is 0 Å². The first-order chi connectivity index (χ1) is 9.52. The van der Waals surface area contributed by atoms with Crippen molar-refractivity contribution < 1.29 is 18.7 Å². The number of amides is 1. The minimum atomic E-state index is -0.531. The second-order valence-electron chi connectivity index (χ2n) is 3.74. The second-order valence-corrected chi connectivity index (χ2v) is 5.51. The zero-order valence-corrected chi connectivity index (χ0v) is 12.7. The molecule has 0 saturated carbocycles. The molecule has 1 N–H and O–H groups in total. The summed E-state index contributed by atoms with van der Waals surface area (Å²) in [5.74, 6) is -1.56. The highest BCUT2D eigenvalue weighted by atomic mass is 79.9. The third-order valence-electron chi connectivity index (χ3n) is 2.47. The molecule has 7 heteroatoms. The van der Waals surface area contributed by atoms with Crippen LogP contribution in [-0.4, -0.2) is 19.0 Å². The van der Waals surface area contributed by atoms with Crippen LogP contribution < -0.4 is 5.32 Å². The molecular weight excluding hydrogens is 349 g/mol. The molecule has 1 aromatic heterocycles. The van der Waals surface area contributed by atoms with Crippen molar-refractivity contribution in [3.05, 3.63) is 50.4 Å². The third kappa shape index (κ3) is 3.05. The van der Waals surface area contributed by atoms with Gasteiger partial charge in [0.2, 0.25) is 0 Å². The van der Waals surface area contributed by atoms with Gasteiger partial charge in [0.05, 0.1) is 17.3 Å². The lowest BCUT2D eigenvalue weighted by Gasteiger charge is -2.06. The first-order valence-electron chi connectivity index (χ1n) is 5.45. The molecule has 1 aromatic carbocycles. The quantitative estimate of drug-likeness (QED) is 0.852. The average Bonchev–Trinajstić information content (AvgIpc) is 2.89. The normalized spacial score (nSPS) is 10.2. The molecule has 20 heavy (non-hydrogen) atoms. The molecule has 0 bridgehead atoms. The Morgan fingerprint density at radius 2 is 2.10 bits per heavy atom. The van der Waals surface area contributed by atoms with E-state index < -0.39 is 17.7 Å². The van der Waals surface area contributed by atoms with Crippen LogP contribution in [0.3, 0.4) is 0 Å². The maximum atomic E-state index is 13.4. The Bertz CT molecular complexity index is 671. The Kier molecular flexibility index (Phi) is 4.51. The summed E-state index contributed by atoms with van der Waals surface area (Å²) >= 11 is 4.17. The van der Waals surface area contributed by atoms with Gasteiger partial charge in [-0.15, -0.1) is 11.3 Å². The van der Waals surface area contributed by atoms with Crippen molar-refractivity contribution in [2.24, 2.45) is 0 Å². The number of rotatable bonds is 3. The van der Waals surface area contributed by atoms with Gasteiger partial charge in [0.15, 0.2) is 0 Å². The number of thiophene rings is 1. The molecule has 0 radical (unpaired) electrons. The van der Waals surface area contributed by atoms with Crippen LogP contribution in [0.2, 0.25) is 0 Å². The van der Waals surface area contributed by atoms with Crippen LogP contribution in [0.15, 0.2) is 34.1 Å². The summed E-state index contributed by atoms with van der Waals surface area (Å²) in [5, 5.41) is 4.21. The van der Waals surface area contributed by atoms with Gasteiger partial charge in [-0.3, -0.25) is 4.79 Å². The highest BCUT2D eigenvalue weighted by molar-refractivity contribution is 9.10. The summed E-state index contributed by atoms with van der Waals surface area (Å²) in [6, 6.07) is 5.62. The van der Waals surface area contributed by atoms with E-state index in [2.05, 4.69) is 26.0 Å². The maximum absolute atomic E-state index is 13.4. The first-order valence-corrected chi connectivity index (χ1v) is 7.12. The van der Waals surface area contributed by atoms with E-state index in [4.69, 9.17) is 0 Å². The zero-order valence-electron chi connectivity index (χ0n) is 10.3. The monoisotopic (exact) mass is 357 g/mol. The Morgan fingerprint density at radius 1 is 1.35 bits per heavy atom. The van der Waals surface area contributed by atoms with Gasteiger partial charge in [-0.25, -0.2) is 9.18 Å². The topological polar surface area (TPSA) is 55.4 Å². The number of esters is 1. The summed E-state index contributed by atoms with van der Waals surface area (Å²) in [7, 11) is 1.26. The second kappa shape index (κ2) is 6.15. The molecule has 0 saturated heterocycles. The van der Waals surface area contributed by atoms with E-state index in [0.717, 1.165) is 17.4 Å². The van der Waals surface area contributed by atoms with E-state index >= 15 is 0 Å². The van der Waals surface area contributed by atoms with Crippen molar-refractivity contribution in [1.29, 1.82) is 0 Å². The van der Waals surface area contributed by atoms with Gasteiger partial charge in [0, 0.05) is 5.56 Å². The molecule has 104 valence electrons. The summed E-state index contributed by atoms with van der Waals surface area (Å²) < 4.78 is 18.3. The minimum Gasteiger partial charge on any atom is -0.465 e. The Balaban J connectivity index is 2.22. The summed E-state index contributed by atoms with van der Waals surface area (Å²) in [5.41, 5.74) is 0.503. The molecule has 4 nitrogen and oxygen atoms in total. The smallest absolute Gasteiger partial charge is 0.350 e. The number of carbonyl (C=O) groups excluding carboxylic acids is 2. The minimum absolute atomic E-state index is 0.160. The molecule has 2 rings (SSSR count). The van der Waals surface area contributed by atoms with Gasteiger partial charge < -0.3 is 10.1 Å². The molecule has 2 aromatic rings. The average molecular weight is 358 g/mol. The van der Waals surface area contributed by atoms with Crippen LogP contribution in [0.5, 0.6) is 0 Å². The van der Waals surface area contributed by atoms with Crippen LogP contribution in [0.1, 0.15) is 20.0 Å². The number of halogens is 2. The van der Waals surface area contributed by atoms with Crippen LogP contribution in [0.25, 0.3) is 0 Å². The number of ether oxygens (including phenoxy) is 1. The number of methoxy groups -OCH3 is 1. The van der Waals surface area contributed by atoms with Crippen molar-refractivity contribution in [2.75, 3.05) is 12.4 Å². The van der Waals surface area contributed by atoms with Gasteiger partial charge in [0.25, 0.3) is 5.91 Å². The standard InChI is InChI=1S/C13H9BrFNO3S/c1-19-13(18)11-10(4-5-20-11)16-12(17)7-2-3-8(14)9(15)6-7/h2-6H,1H3,(H,16,17). The largest absolute Gasteiger partial charge is 0.465 e. The molecule has 0 aliphatic carbocycles. The summed E-state index contributed by atoms with van der Waals surface area (Å²) in [6.07, 6.45) is 0. The zero-order chi connectivity index (χ0) is 14.7. The van der Waals surface area contributed by atoms with Crippen molar-refractivity contribution in [2.45, 2.75) is 0 Å². The molecule has 1 heterocycles. The number of hydrogen-bond donors (Lipinski definition) is 1. The molecule has 0 atom stereocenters. The van der Waals surface area contributed by atoms with Crippen molar-refractivity contribution in [3.8, 4) is 0 Å². The molecule has 1 amide bonds. The Labute approximate surface area is 126 Å². The van der Waals surface area contributed by atoms with Crippen LogP contribution in [0.4, 0.5) is 10.1 Å². The third-order valence-corrected chi connectivity index (χ3v) is 4.00. The van der Waals surface area contributed by atoms with Gasteiger partial charge in [-0.1, -0.05) is 0 Å². The SMILES string of the molecule is COC(=O)c1sccc1NC(=O)c1ccc(Br)c(F)c1. The van der Waals surface area contributed by atoms with Crippen LogP contribution in [-0.2, 0) is 4.74 Å². The number of hydrogen-bond acceptors (Lipinski definition) is 4. The van der Waals surface area contributed by atoms with Crippen molar-refractivity contribution in [3.63, 3.8) is 0 Å². The lowest BCUT2D eigenvalue weighted by atomic mass is 10.2. The molecule has 0 aliphatic heterocycles. The lowest BCUT2D eigenvalue weighted by molar-refractivity contribution is 0.0607. The van der Waals surface area contributed by atoms with E-state index in [9.17, 15) is 14.0 Å².